The van der Waals surface area contributed by atoms with Crippen molar-refractivity contribution in [3.63, 3.8) is 0 Å². The lowest BCUT2D eigenvalue weighted by molar-refractivity contribution is -0.133. The third kappa shape index (κ3) is 3.63. The number of carbonyl (C=O) groups is 1. The second kappa shape index (κ2) is 7.47. The summed E-state index contributed by atoms with van der Waals surface area (Å²) in [5.74, 6) is 0.447. The van der Waals surface area contributed by atoms with Crippen molar-refractivity contribution in [1.82, 2.24) is 24.2 Å². The molecule has 0 fully saturated rings. The van der Waals surface area contributed by atoms with Crippen LogP contribution in [0.5, 0.6) is 0 Å². The molecule has 4 aromatic rings. The Labute approximate surface area is 165 Å². The molecule has 0 saturated heterocycles. The van der Waals surface area contributed by atoms with E-state index < -0.39 is 0 Å². The van der Waals surface area contributed by atoms with Crippen molar-refractivity contribution in [3.05, 3.63) is 74.7 Å². The third-order valence-corrected chi connectivity index (χ3v) is 5.68. The molecule has 8 heteroatoms. The standard InChI is InChI=1S/C20H21N5O2S/c1-14-22-25(20(27)23(14)2)13-19(26)24(12-17-4-3-9-28-17)11-15-5-6-18-16(10-15)7-8-21-18/h3-10,21H,11-13H2,1-2H3. The molecule has 1 amide bonds. The number of carbonyl (C=O) groups excluding carboxylic acids is 1. The van der Waals surface area contributed by atoms with Crippen molar-refractivity contribution >= 4 is 28.1 Å². The summed E-state index contributed by atoms with van der Waals surface area (Å²) in [5.41, 5.74) is 1.83. The maximum Gasteiger partial charge on any atom is 0.346 e. The van der Waals surface area contributed by atoms with Gasteiger partial charge in [-0.15, -0.1) is 11.3 Å². The van der Waals surface area contributed by atoms with Gasteiger partial charge in [0, 0.05) is 30.2 Å². The van der Waals surface area contributed by atoms with Crippen molar-refractivity contribution < 1.29 is 4.79 Å². The molecule has 1 aromatic carbocycles. The number of amides is 1. The highest BCUT2D eigenvalue weighted by molar-refractivity contribution is 7.09. The summed E-state index contributed by atoms with van der Waals surface area (Å²) in [6.07, 6.45) is 1.90. The summed E-state index contributed by atoms with van der Waals surface area (Å²) < 4.78 is 2.67. The number of hydrogen-bond donors (Lipinski definition) is 1. The topological polar surface area (TPSA) is 75.9 Å². The Balaban J connectivity index is 1.59. The van der Waals surface area contributed by atoms with Crippen LogP contribution >= 0.6 is 11.3 Å². The molecule has 28 heavy (non-hydrogen) atoms. The predicted octanol–water partition coefficient (Wildman–Crippen LogP) is 2.66. The number of fused-ring (bicyclic) bond motifs is 1. The van der Waals surface area contributed by atoms with Gasteiger partial charge in [-0.2, -0.15) is 5.10 Å². The first kappa shape index (κ1) is 18.2. The molecule has 0 radical (unpaired) electrons. The molecule has 0 spiro atoms. The Hall–Kier alpha value is -3.13. The Morgan fingerprint density at radius 1 is 1.25 bits per heavy atom. The van der Waals surface area contributed by atoms with Crippen LogP contribution in [0.25, 0.3) is 10.9 Å². The lowest BCUT2D eigenvalue weighted by Crippen LogP contribution is -2.36. The number of hydrogen-bond acceptors (Lipinski definition) is 4. The average Bonchev–Trinajstić information content (AvgIpc) is 3.40. The van der Waals surface area contributed by atoms with Gasteiger partial charge >= 0.3 is 5.69 Å². The van der Waals surface area contributed by atoms with Crippen LogP contribution in [-0.2, 0) is 31.5 Å². The van der Waals surface area contributed by atoms with E-state index in [0.29, 0.717) is 18.9 Å². The van der Waals surface area contributed by atoms with Crippen LogP contribution in [0, 0.1) is 6.92 Å². The first-order chi connectivity index (χ1) is 13.5. The smallest absolute Gasteiger partial charge is 0.346 e. The number of nitrogens with one attached hydrogen (secondary N) is 1. The summed E-state index contributed by atoms with van der Waals surface area (Å²) >= 11 is 1.61. The summed E-state index contributed by atoms with van der Waals surface area (Å²) in [4.78, 5) is 31.3. The van der Waals surface area contributed by atoms with Crippen LogP contribution in [0.4, 0.5) is 0 Å². The first-order valence-electron chi connectivity index (χ1n) is 8.98. The summed E-state index contributed by atoms with van der Waals surface area (Å²) in [6.45, 7) is 2.65. The number of aromatic nitrogens is 4. The summed E-state index contributed by atoms with van der Waals surface area (Å²) in [7, 11) is 1.65. The number of H-pyrrole nitrogens is 1. The molecule has 0 aliphatic rings. The van der Waals surface area contributed by atoms with Crippen LogP contribution in [0.2, 0.25) is 0 Å². The molecular weight excluding hydrogens is 374 g/mol. The molecule has 1 N–H and O–H groups in total. The highest BCUT2D eigenvalue weighted by Crippen LogP contribution is 2.18. The largest absolute Gasteiger partial charge is 0.361 e. The highest BCUT2D eigenvalue weighted by Gasteiger charge is 2.18. The summed E-state index contributed by atoms with van der Waals surface area (Å²) in [6, 6.07) is 12.1. The Bertz CT molecular complexity index is 1170. The van der Waals surface area contributed by atoms with E-state index in [1.165, 1.54) is 9.25 Å². The summed E-state index contributed by atoms with van der Waals surface area (Å²) in [5, 5.41) is 7.29. The quantitative estimate of drug-likeness (QED) is 0.545. The van der Waals surface area contributed by atoms with Gasteiger partial charge in [-0.1, -0.05) is 12.1 Å². The van der Waals surface area contributed by atoms with E-state index in [1.54, 1.807) is 30.2 Å². The minimum atomic E-state index is -0.282. The van der Waals surface area contributed by atoms with E-state index in [0.717, 1.165) is 21.3 Å². The zero-order chi connectivity index (χ0) is 19.7. The van der Waals surface area contributed by atoms with E-state index in [1.807, 2.05) is 41.9 Å². The molecule has 3 heterocycles. The fourth-order valence-electron chi connectivity index (χ4n) is 3.17. The number of aryl methyl sites for hydroxylation is 1. The van der Waals surface area contributed by atoms with Crippen molar-refractivity contribution in [3.8, 4) is 0 Å². The van der Waals surface area contributed by atoms with Gasteiger partial charge in [-0.3, -0.25) is 9.36 Å². The maximum absolute atomic E-state index is 13.0. The fraction of sp³-hybridized carbons (Fsp3) is 0.250. The minimum Gasteiger partial charge on any atom is -0.361 e. The molecule has 0 atom stereocenters. The fourth-order valence-corrected chi connectivity index (χ4v) is 3.89. The molecule has 7 nitrogen and oxygen atoms in total. The minimum absolute atomic E-state index is 0.0711. The molecule has 144 valence electrons. The van der Waals surface area contributed by atoms with Crippen molar-refractivity contribution in [2.45, 2.75) is 26.6 Å². The van der Waals surface area contributed by atoms with Crippen LogP contribution in [0.3, 0.4) is 0 Å². The Morgan fingerprint density at radius 3 is 2.82 bits per heavy atom. The normalized spacial score (nSPS) is 11.2. The molecule has 0 saturated carbocycles. The predicted molar refractivity (Wildman–Crippen MR) is 109 cm³/mol. The monoisotopic (exact) mass is 395 g/mol. The number of aromatic amines is 1. The lowest BCUT2D eigenvalue weighted by atomic mass is 10.1. The van der Waals surface area contributed by atoms with Gasteiger partial charge in [0.2, 0.25) is 5.91 Å². The molecule has 0 unspecified atom stereocenters. The van der Waals surface area contributed by atoms with E-state index >= 15 is 0 Å². The lowest BCUT2D eigenvalue weighted by Gasteiger charge is -2.22. The zero-order valence-electron chi connectivity index (χ0n) is 15.8. The van der Waals surface area contributed by atoms with Crippen LogP contribution in [-0.4, -0.2) is 30.1 Å². The maximum atomic E-state index is 13.0. The number of rotatable bonds is 6. The Morgan fingerprint density at radius 2 is 2.11 bits per heavy atom. The van der Waals surface area contributed by atoms with Crippen molar-refractivity contribution in [2.75, 3.05) is 0 Å². The van der Waals surface area contributed by atoms with Crippen LogP contribution in [0.1, 0.15) is 16.3 Å². The molecular formula is C20H21N5O2S. The molecule has 0 bridgehead atoms. The number of thiophene rings is 1. The van der Waals surface area contributed by atoms with E-state index in [9.17, 15) is 9.59 Å². The van der Waals surface area contributed by atoms with Crippen LogP contribution < -0.4 is 5.69 Å². The van der Waals surface area contributed by atoms with Gasteiger partial charge in [0.25, 0.3) is 0 Å². The number of nitrogens with zero attached hydrogens (tertiary/aromatic N) is 4. The first-order valence-corrected chi connectivity index (χ1v) is 9.86. The van der Waals surface area contributed by atoms with Gasteiger partial charge in [0.15, 0.2) is 0 Å². The van der Waals surface area contributed by atoms with E-state index in [-0.39, 0.29) is 18.1 Å². The second-order valence-corrected chi connectivity index (χ2v) is 7.81. The Kier molecular flexibility index (Phi) is 4.87. The highest BCUT2D eigenvalue weighted by atomic mass is 32.1. The SMILES string of the molecule is Cc1nn(CC(=O)N(Cc2ccc3[nH]ccc3c2)Cc2cccs2)c(=O)n1C. The van der Waals surface area contributed by atoms with Gasteiger partial charge in [0.05, 0.1) is 6.54 Å². The molecule has 0 aliphatic heterocycles. The van der Waals surface area contributed by atoms with Gasteiger partial charge in [-0.05, 0) is 47.5 Å². The van der Waals surface area contributed by atoms with Gasteiger partial charge in [-0.25, -0.2) is 9.48 Å². The van der Waals surface area contributed by atoms with Crippen LogP contribution in [0.15, 0.2) is 52.8 Å². The molecule has 0 aliphatic carbocycles. The van der Waals surface area contributed by atoms with Crippen molar-refractivity contribution in [1.29, 1.82) is 0 Å². The van der Waals surface area contributed by atoms with Gasteiger partial charge < -0.3 is 9.88 Å². The molecule has 4 rings (SSSR count). The van der Waals surface area contributed by atoms with Gasteiger partial charge in [0.1, 0.15) is 12.4 Å². The second-order valence-electron chi connectivity index (χ2n) is 6.77. The molecule has 3 aromatic heterocycles. The third-order valence-electron chi connectivity index (χ3n) is 4.81. The zero-order valence-corrected chi connectivity index (χ0v) is 16.6. The van der Waals surface area contributed by atoms with E-state index in [2.05, 4.69) is 16.1 Å². The van der Waals surface area contributed by atoms with Crippen molar-refractivity contribution in [2.24, 2.45) is 7.05 Å². The average molecular weight is 395 g/mol. The number of benzene rings is 1. The van der Waals surface area contributed by atoms with E-state index in [4.69, 9.17) is 0 Å².